The molecule has 0 radical (unpaired) electrons. The predicted molar refractivity (Wildman–Crippen MR) is 70.5 cm³/mol. The highest BCUT2D eigenvalue weighted by Crippen LogP contribution is 2.32. The number of aryl methyl sites for hydroxylation is 1. The lowest BCUT2D eigenvalue weighted by atomic mass is 10.1. The van der Waals surface area contributed by atoms with Crippen molar-refractivity contribution in [1.82, 2.24) is 0 Å². The van der Waals surface area contributed by atoms with Crippen molar-refractivity contribution in [2.24, 2.45) is 0 Å². The Morgan fingerprint density at radius 1 is 1.33 bits per heavy atom. The highest BCUT2D eigenvalue weighted by Gasteiger charge is 2.05. The zero-order valence-corrected chi connectivity index (χ0v) is 10.3. The molecule has 0 amide bonds. The van der Waals surface area contributed by atoms with Crippen molar-refractivity contribution >= 4 is 27.5 Å². The lowest BCUT2D eigenvalue weighted by molar-refractivity contribution is 1.11. The molecule has 0 saturated heterocycles. The number of hydrogen-bond donors (Lipinski definition) is 0. The number of hydrogen-bond acceptors (Lipinski definition) is 1. The Morgan fingerprint density at radius 3 is 2.73 bits per heavy atom. The molecule has 2 rings (SSSR count). The largest absolute Gasteiger partial charge is 0.136 e. The molecule has 0 spiro atoms. The normalized spacial score (nSPS) is 12.3. The van der Waals surface area contributed by atoms with E-state index in [0.29, 0.717) is 0 Å². The van der Waals surface area contributed by atoms with Crippen molar-refractivity contribution in [2.45, 2.75) is 27.2 Å². The van der Waals surface area contributed by atoms with Gasteiger partial charge in [0.25, 0.3) is 0 Å². The molecule has 0 aliphatic rings. The van der Waals surface area contributed by atoms with E-state index in [9.17, 15) is 0 Å². The van der Waals surface area contributed by atoms with Gasteiger partial charge in [-0.1, -0.05) is 30.7 Å². The van der Waals surface area contributed by atoms with Gasteiger partial charge in [-0.25, -0.2) is 0 Å². The fraction of sp³-hybridized carbons (Fsp3) is 0.286. The van der Waals surface area contributed by atoms with Gasteiger partial charge in [-0.05, 0) is 43.4 Å². The van der Waals surface area contributed by atoms with E-state index in [4.69, 9.17) is 0 Å². The Labute approximate surface area is 95.3 Å². The number of fused-ring (bicyclic) bond motifs is 1. The van der Waals surface area contributed by atoms with Crippen molar-refractivity contribution in [3.63, 3.8) is 0 Å². The van der Waals surface area contributed by atoms with E-state index >= 15 is 0 Å². The average molecular weight is 216 g/mol. The van der Waals surface area contributed by atoms with Crippen LogP contribution in [0.2, 0.25) is 0 Å². The summed E-state index contributed by atoms with van der Waals surface area (Å²) in [6.07, 6.45) is 3.45. The van der Waals surface area contributed by atoms with Crippen LogP contribution in [0.1, 0.15) is 30.7 Å². The first-order valence-corrected chi connectivity index (χ1v) is 6.19. The van der Waals surface area contributed by atoms with Crippen molar-refractivity contribution in [1.29, 1.82) is 0 Å². The number of allylic oxidation sites excluding steroid dienone is 1. The second kappa shape index (κ2) is 4.19. The lowest BCUT2D eigenvalue weighted by Crippen LogP contribution is -1.74. The molecule has 0 aliphatic heterocycles. The summed E-state index contributed by atoms with van der Waals surface area (Å²) in [7, 11) is 0. The van der Waals surface area contributed by atoms with Gasteiger partial charge in [-0.15, -0.1) is 11.3 Å². The van der Waals surface area contributed by atoms with E-state index in [0.717, 1.165) is 6.42 Å². The zero-order chi connectivity index (χ0) is 10.8. The Balaban J connectivity index is 2.58. The second-order valence-electron chi connectivity index (χ2n) is 3.93. The van der Waals surface area contributed by atoms with E-state index in [1.807, 2.05) is 11.3 Å². The van der Waals surface area contributed by atoms with Crippen molar-refractivity contribution in [3.8, 4) is 0 Å². The van der Waals surface area contributed by atoms with E-state index < -0.39 is 0 Å². The van der Waals surface area contributed by atoms with Gasteiger partial charge in [0.1, 0.15) is 0 Å². The summed E-state index contributed by atoms with van der Waals surface area (Å²) < 4.78 is 1.39. The van der Waals surface area contributed by atoms with Gasteiger partial charge in [0.05, 0.1) is 0 Å². The van der Waals surface area contributed by atoms with Gasteiger partial charge in [0, 0.05) is 9.58 Å². The van der Waals surface area contributed by atoms with Crippen molar-refractivity contribution < 1.29 is 0 Å². The second-order valence-corrected chi connectivity index (χ2v) is 5.02. The van der Waals surface area contributed by atoms with Crippen LogP contribution < -0.4 is 0 Å². The van der Waals surface area contributed by atoms with Gasteiger partial charge in [-0.3, -0.25) is 0 Å². The molecule has 0 unspecified atom stereocenters. The summed E-state index contributed by atoms with van der Waals surface area (Å²) in [5, 5.41) is 1.40. The molecule has 2 aromatic rings. The summed E-state index contributed by atoms with van der Waals surface area (Å²) in [5.41, 5.74) is 2.87. The highest BCUT2D eigenvalue weighted by atomic mass is 32.1. The third-order valence-corrected chi connectivity index (χ3v) is 4.04. The molecule has 0 N–H and O–H groups in total. The fourth-order valence-electron chi connectivity index (χ4n) is 1.66. The summed E-state index contributed by atoms with van der Waals surface area (Å²) in [6, 6.07) is 8.63. The number of benzene rings is 1. The Hall–Kier alpha value is -1.08. The van der Waals surface area contributed by atoms with Crippen molar-refractivity contribution in [2.75, 3.05) is 0 Å². The molecule has 0 aliphatic carbocycles. The van der Waals surface area contributed by atoms with Crippen molar-refractivity contribution in [3.05, 3.63) is 40.3 Å². The van der Waals surface area contributed by atoms with Crippen LogP contribution in [-0.4, -0.2) is 0 Å². The van der Waals surface area contributed by atoms with E-state index in [-0.39, 0.29) is 0 Å². The molecule has 78 valence electrons. The van der Waals surface area contributed by atoms with Gasteiger partial charge < -0.3 is 0 Å². The maximum atomic E-state index is 2.32. The average Bonchev–Trinajstić information content (AvgIpc) is 2.57. The van der Waals surface area contributed by atoms with Crippen LogP contribution in [0, 0.1) is 6.92 Å². The standard InChI is InChI=1S/C14H16S/c1-4-10(2)9-14-11(3)12-7-5-6-8-13(12)15-14/h5-9H,4H2,1-3H3/b10-9-. The highest BCUT2D eigenvalue weighted by molar-refractivity contribution is 7.20. The molecule has 1 aromatic carbocycles. The van der Waals surface area contributed by atoms with Crippen LogP contribution in [0.3, 0.4) is 0 Å². The third-order valence-electron chi connectivity index (χ3n) is 2.82. The van der Waals surface area contributed by atoms with Crippen LogP contribution >= 0.6 is 11.3 Å². The summed E-state index contributed by atoms with van der Waals surface area (Å²) in [5.74, 6) is 0. The third kappa shape index (κ3) is 1.98. The molecule has 15 heavy (non-hydrogen) atoms. The van der Waals surface area contributed by atoms with Crippen LogP contribution in [0.25, 0.3) is 16.2 Å². The topological polar surface area (TPSA) is 0 Å². The molecule has 0 atom stereocenters. The maximum Gasteiger partial charge on any atom is 0.0351 e. The summed E-state index contributed by atoms with van der Waals surface area (Å²) in [6.45, 7) is 6.62. The van der Waals surface area contributed by atoms with Crippen LogP contribution in [0.5, 0.6) is 0 Å². The minimum Gasteiger partial charge on any atom is -0.136 e. The molecule has 1 heteroatoms. The molecule has 1 heterocycles. The Bertz CT molecular complexity index is 503. The smallest absolute Gasteiger partial charge is 0.0351 e. The monoisotopic (exact) mass is 216 g/mol. The number of thiophene rings is 1. The van der Waals surface area contributed by atoms with E-state index in [1.165, 1.54) is 26.1 Å². The first-order chi connectivity index (χ1) is 7.22. The summed E-state index contributed by atoms with van der Waals surface area (Å²) in [4.78, 5) is 1.41. The molecular formula is C14H16S. The summed E-state index contributed by atoms with van der Waals surface area (Å²) >= 11 is 1.89. The van der Waals surface area contributed by atoms with Gasteiger partial charge in [-0.2, -0.15) is 0 Å². The molecule has 0 saturated carbocycles. The SMILES string of the molecule is CC/C(C)=C\c1sc2ccccc2c1C. The molecule has 1 aromatic heterocycles. The van der Waals surface area contributed by atoms with Gasteiger partial charge in [0.2, 0.25) is 0 Å². The first kappa shape index (κ1) is 10.4. The van der Waals surface area contributed by atoms with Crippen LogP contribution in [-0.2, 0) is 0 Å². The minimum atomic E-state index is 1.13. The number of rotatable bonds is 2. The van der Waals surface area contributed by atoms with Crippen LogP contribution in [0.15, 0.2) is 29.8 Å². The molecule has 0 bridgehead atoms. The fourth-order valence-corrected chi connectivity index (χ4v) is 2.89. The van der Waals surface area contributed by atoms with E-state index in [2.05, 4.69) is 51.1 Å². The Morgan fingerprint density at radius 2 is 2.07 bits per heavy atom. The quantitative estimate of drug-likeness (QED) is 0.661. The molecule has 0 fully saturated rings. The lowest BCUT2D eigenvalue weighted by Gasteiger charge is -1.95. The van der Waals surface area contributed by atoms with Gasteiger partial charge in [0.15, 0.2) is 0 Å². The first-order valence-electron chi connectivity index (χ1n) is 5.37. The minimum absolute atomic E-state index is 1.13. The van der Waals surface area contributed by atoms with Gasteiger partial charge >= 0.3 is 0 Å². The van der Waals surface area contributed by atoms with Crippen LogP contribution in [0.4, 0.5) is 0 Å². The molecular weight excluding hydrogens is 200 g/mol. The molecule has 0 nitrogen and oxygen atoms in total. The zero-order valence-electron chi connectivity index (χ0n) is 9.50. The Kier molecular flexibility index (Phi) is 2.92. The predicted octanol–water partition coefficient (Wildman–Crippen LogP) is 5.02. The van der Waals surface area contributed by atoms with E-state index in [1.54, 1.807) is 0 Å². The maximum absolute atomic E-state index is 2.32.